The van der Waals surface area contributed by atoms with Crippen molar-refractivity contribution < 1.29 is 8.42 Å². The normalized spacial score (nSPS) is 12.4. The third kappa shape index (κ3) is 3.20. The van der Waals surface area contributed by atoms with E-state index in [1.807, 2.05) is 20.8 Å². The van der Waals surface area contributed by atoms with Crippen LogP contribution in [0.15, 0.2) is 23.1 Å². The molecule has 0 unspecified atom stereocenters. The molecule has 0 radical (unpaired) electrons. The molecule has 0 aliphatic carbocycles. The zero-order valence-electron chi connectivity index (χ0n) is 10.8. The number of aryl methyl sites for hydroxylation is 1. The molecule has 1 rings (SSSR count). The van der Waals surface area contributed by atoms with Crippen molar-refractivity contribution in [2.75, 3.05) is 19.3 Å². The average Bonchev–Trinajstić information content (AvgIpc) is 2.20. The fourth-order valence-electron chi connectivity index (χ4n) is 1.57. The van der Waals surface area contributed by atoms with E-state index in [1.165, 1.54) is 10.4 Å². The van der Waals surface area contributed by atoms with E-state index in [1.54, 1.807) is 19.2 Å². The molecule has 0 aromatic heterocycles. The summed E-state index contributed by atoms with van der Waals surface area (Å²) in [4.78, 5) is 0.253. The van der Waals surface area contributed by atoms with E-state index in [0.717, 1.165) is 5.56 Å². The molecule has 0 saturated carbocycles. The van der Waals surface area contributed by atoms with Gasteiger partial charge in [-0.25, -0.2) is 12.7 Å². The Morgan fingerprint density at radius 2 is 1.94 bits per heavy atom. The van der Waals surface area contributed by atoms with Gasteiger partial charge in [0.05, 0.1) is 4.90 Å². The molecule has 0 fully saturated rings. The largest absolute Gasteiger partial charge is 0.398 e. The standard InChI is InChI=1S/C12H20N2O2S/c1-9(2)8-14(4)17(15,16)11-6-5-10(3)12(13)7-11/h5-7,9H,8,13H2,1-4H3. The quantitative estimate of drug-likeness (QED) is 0.836. The minimum Gasteiger partial charge on any atom is -0.398 e. The molecule has 17 heavy (non-hydrogen) atoms. The first-order valence-electron chi connectivity index (χ1n) is 5.57. The van der Waals surface area contributed by atoms with E-state index in [0.29, 0.717) is 12.2 Å². The van der Waals surface area contributed by atoms with Gasteiger partial charge in [0.25, 0.3) is 0 Å². The lowest BCUT2D eigenvalue weighted by Gasteiger charge is -2.19. The van der Waals surface area contributed by atoms with Crippen LogP contribution in [0.3, 0.4) is 0 Å². The zero-order valence-corrected chi connectivity index (χ0v) is 11.6. The van der Waals surface area contributed by atoms with E-state index < -0.39 is 10.0 Å². The van der Waals surface area contributed by atoms with Crippen molar-refractivity contribution in [1.29, 1.82) is 0 Å². The number of hydrogen-bond donors (Lipinski definition) is 1. The lowest BCUT2D eigenvalue weighted by Crippen LogP contribution is -2.30. The third-order valence-corrected chi connectivity index (χ3v) is 4.40. The number of anilines is 1. The summed E-state index contributed by atoms with van der Waals surface area (Å²) >= 11 is 0. The molecule has 0 spiro atoms. The molecule has 1 aromatic rings. The number of nitrogens with zero attached hydrogens (tertiary/aromatic N) is 1. The molecule has 1 aromatic carbocycles. The Morgan fingerprint density at radius 3 is 2.41 bits per heavy atom. The molecule has 2 N–H and O–H groups in total. The molecular formula is C12H20N2O2S. The maximum absolute atomic E-state index is 12.2. The Kier molecular flexibility index (Phi) is 4.16. The van der Waals surface area contributed by atoms with Gasteiger partial charge in [0.15, 0.2) is 0 Å². The Hall–Kier alpha value is -1.07. The van der Waals surface area contributed by atoms with Gasteiger partial charge in [0, 0.05) is 19.3 Å². The summed E-state index contributed by atoms with van der Waals surface area (Å²) < 4.78 is 25.8. The fraction of sp³-hybridized carbons (Fsp3) is 0.500. The highest BCUT2D eigenvalue weighted by molar-refractivity contribution is 7.89. The van der Waals surface area contributed by atoms with Crippen molar-refractivity contribution in [3.8, 4) is 0 Å². The lowest BCUT2D eigenvalue weighted by atomic mass is 10.2. The third-order valence-electron chi connectivity index (χ3n) is 2.58. The zero-order chi connectivity index (χ0) is 13.2. The summed E-state index contributed by atoms with van der Waals surface area (Å²) in [6.45, 7) is 6.31. The Bertz CT molecular complexity index is 495. The van der Waals surface area contributed by atoms with Gasteiger partial charge >= 0.3 is 0 Å². The van der Waals surface area contributed by atoms with Gasteiger partial charge < -0.3 is 5.73 Å². The van der Waals surface area contributed by atoms with Gasteiger partial charge in [-0.1, -0.05) is 19.9 Å². The summed E-state index contributed by atoms with van der Waals surface area (Å²) in [5.41, 5.74) is 7.12. The van der Waals surface area contributed by atoms with E-state index in [9.17, 15) is 8.42 Å². The molecule has 4 nitrogen and oxygen atoms in total. The van der Waals surface area contributed by atoms with Crippen LogP contribution < -0.4 is 5.73 Å². The van der Waals surface area contributed by atoms with Crippen molar-refractivity contribution in [1.82, 2.24) is 4.31 Å². The van der Waals surface area contributed by atoms with Gasteiger partial charge in [-0.2, -0.15) is 0 Å². The molecule has 0 atom stereocenters. The molecule has 0 aliphatic rings. The molecule has 96 valence electrons. The first kappa shape index (κ1) is 14.0. The Balaban J connectivity index is 3.09. The minimum atomic E-state index is -3.42. The highest BCUT2D eigenvalue weighted by Gasteiger charge is 2.21. The van der Waals surface area contributed by atoms with Gasteiger partial charge in [-0.3, -0.25) is 0 Å². The predicted octanol–water partition coefficient (Wildman–Crippen LogP) is 1.85. The Labute approximate surface area is 103 Å². The van der Waals surface area contributed by atoms with Crippen LogP contribution in [-0.2, 0) is 10.0 Å². The molecule has 5 heteroatoms. The van der Waals surface area contributed by atoms with E-state index >= 15 is 0 Å². The number of benzene rings is 1. The van der Waals surface area contributed by atoms with Crippen molar-refractivity contribution in [2.45, 2.75) is 25.7 Å². The first-order valence-corrected chi connectivity index (χ1v) is 7.01. The van der Waals surface area contributed by atoms with Gasteiger partial charge in [-0.15, -0.1) is 0 Å². The molecular weight excluding hydrogens is 236 g/mol. The second-order valence-electron chi connectivity index (χ2n) is 4.70. The lowest BCUT2D eigenvalue weighted by molar-refractivity contribution is 0.417. The second kappa shape index (κ2) is 5.06. The molecule has 0 bridgehead atoms. The maximum Gasteiger partial charge on any atom is 0.242 e. The summed E-state index contributed by atoms with van der Waals surface area (Å²) in [6.07, 6.45) is 0. The van der Waals surface area contributed by atoms with Crippen LogP contribution in [0.1, 0.15) is 19.4 Å². The fourth-order valence-corrected chi connectivity index (χ4v) is 2.94. The van der Waals surface area contributed by atoms with Crippen LogP contribution in [0.2, 0.25) is 0 Å². The number of sulfonamides is 1. The highest BCUT2D eigenvalue weighted by atomic mass is 32.2. The van der Waals surface area contributed by atoms with E-state index in [2.05, 4.69) is 0 Å². The van der Waals surface area contributed by atoms with Crippen LogP contribution in [0.5, 0.6) is 0 Å². The summed E-state index contributed by atoms with van der Waals surface area (Å²) in [6, 6.07) is 4.84. The smallest absolute Gasteiger partial charge is 0.242 e. The first-order chi connectivity index (χ1) is 7.75. The monoisotopic (exact) mass is 256 g/mol. The van der Waals surface area contributed by atoms with Crippen molar-refractivity contribution in [2.24, 2.45) is 5.92 Å². The van der Waals surface area contributed by atoms with Gasteiger partial charge in [-0.05, 0) is 30.5 Å². The highest BCUT2D eigenvalue weighted by Crippen LogP contribution is 2.20. The van der Waals surface area contributed by atoms with Crippen LogP contribution in [0.25, 0.3) is 0 Å². The van der Waals surface area contributed by atoms with Crippen molar-refractivity contribution >= 4 is 15.7 Å². The summed E-state index contributed by atoms with van der Waals surface area (Å²) in [5.74, 6) is 0.289. The summed E-state index contributed by atoms with van der Waals surface area (Å²) in [7, 11) is -1.83. The second-order valence-corrected chi connectivity index (χ2v) is 6.74. The van der Waals surface area contributed by atoms with Crippen molar-refractivity contribution in [3.05, 3.63) is 23.8 Å². The van der Waals surface area contributed by atoms with Crippen LogP contribution >= 0.6 is 0 Å². The van der Waals surface area contributed by atoms with Crippen LogP contribution in [0.4, 0.5) is 5.69 Å². The Morgan fingerprint density at radius 1 is 1.35 bits per heavy atom. The van der Waals surface area contributed by atoms with Crippen molar-refractivity contribution in [3.63, 3.8) is 0 Å². The number of nitrogens with two attached hydrogens (primary N) is 1. The van der Waals surface area contributed by atoms with Gasteiger partial charge in [0.1, 0.15) is 0 Å². The maximum atomic E-state index is 12.2. The van der Waals surface area contributed by atoms with Gasteiger partial charge in [0.2, 0.25) is 10.0 Å². The van der Waals surface area contributed by atoms with Crippen LogP contribution in [0, 0.1) is 12.8 Å². The van der Waals surface area contributed by atoms with Crippen LogP contribution in [-0.4, -0.2) is 26.3 Å². The topological polar surface area (TPSA) is 63.4 Å². The molecule has 0 aliphatic heterocycles. The SMILES string of the molecule is Cc1ccc(S(=O)(=O)N(C)CC(C)C)cc1N. The minimum absolute atomic E-state index is 0.253. The molecule has 0 heterocycles. The van der Waals surface area contributed by atoms with E-state index in [4.69, 9.17) is 5.73 Å². The van der Waals surface area contributed by atoms with E-state index in [-0.39, 0.29) is 10.8 Å². The molecule has 0 saturated heterocycles. The molecule has 0 amide bonds. The average molecular weight is 256 g/mol. The number of hydrogen-bond acceptors (Lipinski definition) is 3. The number of nitrogen functional groups attached to an aromatic ring is 1. The summed E-state index contributed by atoms with van der Waals surface area (Å²) in [5, 5.41) is 0. The number of rotatable bonds is 4. The predicted molar refractivity (Wildman–Crippen MR) is 70.2 cm³/mol.